The Morgan fingerprint density at radius 1 is 1.41 bits per heavy atom. The molecule has 0 aliphatic carbocycles. The van der Waals surface area contributed by atoms with Crippen molar-refractivity contribution in [1.29, 1.82) is 0 Å². The number of rotatable bonds is 5. The minimum absolute atomic E-state index is 0.241. The summed E-state index contributed by atoms with van der Waals surface area (Å²) in [4.78, 5) is 13.2. The molecule has 17 heavy (non-hydrogen) atoms. The number of hydrogen-bond donors (Lipinski definition) is 3. The van der Waals surface area contributed by atoms with Gasteiger partial charge in [-0.05, 0) is 26.0 Å². The van der Waals surface area contributed by atoms with E-state index < -0.39 is 5.97 Å². The summed E-state index contributed by atoms with van der Waals surface area (Å²) in [5.74, 6) is -0.957. The van der Waals surface area contributed by atoms with Crippen molar-refractivity contribution in [2.24, 2.45) is 0 Å². The summed E-state index contributed by atoms with van der Waals surface area (Å²) < 4.78 is 0. The lowest BCUT2D eigenvalue weighted by molar-refractivity contribution is 0.0697. The van der Waals surface area contributed by atoms with Crippen LogP contribution in [0.3, 0.4) is 0 Å². The molecule has 1 rings (SSSR count). The van der Waals surface area contributed by atoms with Crippen molar-refractivity contribution >= 4 is 23.0 Å². The number of nitrogens with two attached hydrogens (primary N) is 1. The van der Waals surface area contributed by atoms with Gasteiger partial charge < -0.3 is 21.1 Å². The molecule has 0 radical (unpaired) electrons. The summed E-state index contributed by atoms with van der Waals surface area (Å²) in [6, 6.07) is 3.29. The van der Waals surface area contributed by atoms with E-state index in [0.29, 0.717) is 11.4 Å². The van der Waals surface area contributed by atoms with Crippen molar-refractivity contribution in [2.45, 2.75) is 13.8 Å². The molecule has 94 valence electrons. The van der Waals surface area contributed by atoms with Crippen LogP contribution in [-0.4, -0.2) is 31.2 Å². The molecule has 4 N–H and O–H groups in total. The van der Waals surface area contributed by atoms with E-state index in [0.717, 1.165) is 18.8 Å². The Labute approximate surface area is 101 Å². The fourth-order valence-electron chi connectivity index (χ4n) is 1.82. The second-order valence-corrected chi connectivity index (χ2v) is 3.68. The van der Waals surface area contributed by atoms with Crippen LogP contribution in [0.25, 0.3) is 0 Å². The molecule has 0 saturated heterocycles. The fourth-order valence-corrected chi connectivity index (χ4v) is 1.82. The van der Waals surface area contributed by atoms with Gasteiger partial charge in [0, 0.05) is 20.1 Å². The Morgan fingerprint density at radius 3 is 2.41 bits per heavy atom. The molecule has 1 aromatic rings. The molecule has 0 saturated carbocycles. The van der Waals surface area contributed by atoms with Gasteiger partial charge in [-0.2, -0.15) is 0 Å². The maximum atomic E-state index is 11.2. The van der Waals surface area contributed by atoms with E-state index in [2.05, 4.69) is 5.32 Å². The molecule has 5 nitrogen and oxygen atoms in total. The monoisotopic (exact) mass is 237 g/mol. The van der Waals surface area contributed by atoms with Crippen LogP contribution in [0.15, 0.2) is 12.1 Å². The smallest absolute Gasteiger partial charge is 0.337 e. The van der Waals surface area contributed by atoms with E-state index in [1.165, 1.54) is 6.07 Å². The third-order valence-electron chi connectivity index (χ3n) is 2.77. The molecule has 1 aromatic carbocycles. The third kappa shape index (κ3) is 2.61. The molecule has 0 bridgehead atoms. The Morgan fingerprint density at radius 2 is 2.00 bits per heavy atom. The lowest BCUT2D eigenvalue weighted by atomic mass is 10.1. The zero-order valence-corrected chi connectivity index (χ0v) is 10.4. The predicted molar refractivity (Wildman–Crippen MR) is 70.9 cm³/mol. The minimum Gasteiger partial charge on any atom is -0.478 e. The molecule has 0 aliphatic heterocycles. The number of nitrogens with zero attached hydrogens (tertiary/aromatic N) is 1. The van der Waals surface area contributed by atoms with Crippen LogP contribution < -0.4 is 16.0 Å². The van der Waals surface area contributed by atoms with Gasteiger partial charge in [-0.15, -0.1) is 0 Å². The average Bonchev–Trinajstić information content (AvgIpc) is 2.31. The first-order valence-corrected chi connectivity index (χ1v) is 5.64. The first kappa shape index (κ1) is 13.2. The van der Waals surface area contributed by atoms with Crippen LogP contribution in [0.1, 0.15) is 24.2 Å². The summed E-state index contributed by atoms with van der Waals surface area (Å²) in [6.45, 7) is 5.49. The van der Waals surface area contributed by atoms with Crippen molar-refractivity contribution in [2.75, 3.05) is 36.1 Å². The number of carboxylic acids is 1. The molecule has 0 unspecified atom stereocenters. The van der Waals surface area contributed by atoms with Gasteiger partial charge in [-0.25, -0.2) is 4.79 Å². The average molecular weight is 237 g/mol. The van der Waals surface area contributed by atoms with Gasteiger partial charge in [0.15, 0.2) is 0 Å². The molecule has 5 heteroatoms. The summed E-state index contributed by atoms with van der Waals surface area (Å²) >= 11 is 0. The van der Waals surface area contributed by atoms with E-state index in [1.807, 2.05) is 18.7 Å². The lowest BCUT2D eigenvalue weighted by Crippen LogP contribution is -2.24. The van der Waals surface area contributed by atoms with Crippen LogP contribution >= 0.6 is 0 Å². The number of carboxylic acid groups (broad SMARTS) is 1. The maximum Gasteiger partial charge on any atom is 0.337 e. The second kappa shape index (κ2) is 5.43. The van der Waals surface area contributed by atoms with Gasteiger partial charge in [-0.1, -0.05) is 0 Å². The maximum absolute atomic E-state index is 11.2. The highest BCUT2D eigenvalue weighted by Gasteiger charge is 2.16. The van der Waals surface area contributed by atoms with Gasteiger partial charge >= 0.3 is 5.97 Å². The molecule has 0 aliphatic rings. The lowest BCUT2D eigenvalue weighted by Gasteiger charge is -2.24. The number of carbonyl (C=O) groups is 1. The van der Waals surface area contributed by atoms with Gasteiger partial charge in [0.2, 0.25) is 0 Å². The minimum atomic E-state index is -0.957. The van der Waals surface area contributed by atoms with Crippen molar-refractivity contribution in [1.82, 2.24) is 0 Å². The first-order valence-electron chi connectivity index (χ1n) is 5.64. The number of benzene rings is 1. The quantitative estimate of drug-likeness (QED) is 0.681. The summed E-state index contributed by atoms with van der Waals surface area (Å²) in [6.07, 6.45) is 0. The van der Waals surface area contributed by atoms with E-state index >= 15 is 0 Å². The third-order valence-corrected chi connectivity index (χ3v) is 2.77. The molecule has 0 aromatic heterocycles. The summed E-state index contributed by atoms with van der Waals surface area (Å²) in [5, 5.41) is 12.2. The topological polar surface area (TPSA) is 78.6 Å². The largest absolute Gasteiger partial charge is 0.478 e. The number of anilines is 3. The van der Waals surface area contributed by atoms with Crippen molar-refractivity contribution in [3.8, 4) is 0 Å². The molecular formula is C12H19N3O2. The highest BCUT2D eigenvalue weighted by Crippen LogP contribution is 2.30. The van der Waals surface area contributed by atoms with Crippen LogP contribution in [0.5, 0.6) is 0 Å². The predicted octanol–water partition coefficient (Wildman–Crippen LogP) is 1.85. The van der Waals surface area contributed by atoms with Crippen LogP contribution in [0.4, 0.5) is 17.1 Å². The van der Waals surface area contributed by atoms with Crippen LogP contribution in [0.2, 0.25) is 0 Å². The number of nitrogens with one attached hydrogen (secondary N) is 1. The SMILES string of the molecule is CCN(CC)c1cc(NC)c(N)cc1C(=O)O. The zero-order valence-electron chi connectivity index (χ0n) is 10.4. The second-order valence-electron chi connectivity index (χ2n) is 3.68. The molecule has 0 heterocycles. The highest BCUT2D eigenvalue weighted by atomic mass is 16.4. The number of nitrogen functional groups attached to an aromatic ring is 1. The Bertz CT molecular complexity index is 414. The van der Waals surface area contributed by atoms with Crippen molar-refractivity contribution in [3.63, 3.8) is 0 Å². The van der Waals surface area contributed by atoms with Crippen molar-refractivity contribution in [3.05, 3.63) is 17.7 Å². The van der Waals surface area contributed by atoms with Crippen molar-refractivity contribution < 1.29 is 9.90 Å². The van der Waals surface area contributed by atoms with Gasteiger partial charge in [0.25, 0.3) is 0 Å². The highest BCUT2D eigenvalue weighted by molar-refractivity contribution is 5.97. The molecule has 0 amide bonds. The van der Waals surface area contributed by atoms with Gasteiger partial charge in [0.05, 0.1) is 22.6 Å². The van der Waals surface area contributed by atoms with Gasteiger partial charge in [0.1, 0.15) is 0 Å². The van der Waals surface area contributed by atoms with Crippen LogP contribution in [0, 0.1) is 0 Å². The number of hydrogen-bond acceptors (Lipinski definition) is 4. The standard InChI is InChI=1S/C12H19N3O2/c1-4-15(5-2)11-7-10(14-3)9(13)6-8(11)12(16)17/h6-7,14H,4-5,13H2,1-3H3,(H,16,17). The Balaban J connectivity index is 3.37. The Kier molecular flexibility index (Phi) is 4.20. The zero-order chi connectivity index (χ0) is 13.0. The first-order chi connectivity index (χ1) is 8.04. The van der Waals surface area contributed by atoms with Gasteiger partial charge in [-0.3, -0.25) is 0 Å². The van der Waals surface area contributed by atoms with E-state index in [-0.39, 0.29) is 5.56 Å². The van der Waals surface area contributed by atoms with E-state index in [4.69, 9.17) is 5.73 Å². The summed E-state index contributed by atoms with van der Waals surface area (Å²) in [7, 11) is 1.76. The molecular weight excluding hydrogens is 218 g/mol. The van der Waals surface area contributed by atoms with E-state index in [1.54, 1.807) is 13.1 Å². The molecule has 0 fully saturated rings. The van der Waals surface area contributed by atoms with Crippen LogP contribution in [-0.2, 0) is 0 Å². The Hall–Kier alpha value is -1.91. The number of aromatic carboxylic acids is 1. The molecule has 0 atom stereocenters. The normalized spacial score (nSPS) is 10.1. The fraction of sp³-hybridized carbons (Fsp3) is 0.417. The molecule has 0 spiro atoms. The summed E-state index contributed by atoms with van der Waals surface area (Å²) in [5.41, 5.74) is 7.91. The van der Waals surface area contributed by atoms with E-state index in [9.17, 15) is 9.90 Å².